The molecule has 0 aromatic heterocycles. The summed E-state index contributed by atoms with van der Waals surface area (Å²) in [5.74, 6) is 0. The van der Waals surface area contributed by atoms with Gasteiger partial charge in [-0.05, 0) is 30.3 Å². The summed E-state index contributed by atoms with van der Waals surface area (Å²) in [5.41, 5.74) is 1.24. The van der Waals surface area contributed by atoms with Crippen LogP contribution in [0.3, 0.4) is 0 Å². The van der Waals surface area contributed by atoms with E-state index in [1.54, 1.807) is 6.07 Å². The molecule has 2 atom stereocenters. The van der Waals surface area contributed by atoms with Crippen LogP contribution in [-0.2, 0) is 6.18 Å². The molecule has 0 aliphatic carbocycles. The molecule has 0 saturated carbocycles. The van der Waals surface area contributed by atoms with Crippen molar-refractivity contribution in [1.29, 1.82) is 0 Å². The van der Waals surface area contributed by atoms with Crippen molar-refractivity contribution in [1.82, 2.24) is 4.90 Å². The van der Waals surface area contributed by atoms with Gasteiger partial charge in [-0.1, -0.05) is 18.2 Å². The molecule has 2 aliphatic heterocycles. The van der Waals surface area contributed by atoms with Crippen LogP contribution in [0.1, 0.15) is 28.8 Å². The van der Waals surface area contributed by atoms with Crippen LogP contribution in [0.15, 0.2) is 30.4 Å². The molecule has 0 fully saturated rings. The molecule has 1 nitrogen and oxygen atoms in total. The number of hydrogen-bond acceptors (Lipinski definition) is 1. The lowest BCUT2D eigenvalue weighted by molar-refractivity contribution is -0.137. The Morgan fingerprint density at radius 2 is 1.69 bits per heavy atom. The fourth-order valence-electron chi connectivity index (χ4n) is 2.58. The monoisotopic (exact) mass is 225 g/mol. The lowest BCUT2D eigenvalue weighted by Gasteiger charge is -2.14. The summed E-state index contributed by atoms with van der Waals surface area (Å²) in [5, 5.41) is 0. The largest absolute Gasteiger partial charge is 0.416 e. The summed E-state index contributed by atoms with van der Waals surface area (Å²) in [6, 6.07) is 4.22. The molecule has 16 heavy (non-hydrogen) atoms. The molecule has 3 rings (SSSR count). The van der Waals surface area contributed by atoms with Crippen molar-refractivity contribution in [2.75, 3.05) is 7.05 Å². The molecule has 2 aliphatic rings. The maximum atomic E-state index is 12.6. The highest BCUT2D eigenvalue weighted by molar-refractivity contribution is 5.48. The van der Waals surface area contributed by atoms with Crippen LogP contribution >= 0.6 is 0 Å². The standard InChI is InChI=1S/C12H10F3N/c1-16-10-4-5-11(16)9-6-7(12(13,14)15)2-3-8(9)10/h2-6,10-11H,1H3. The SMILES string of the molecule is CN1C2C=CC1c1cc(C(F)(F)F)ccc12. The molecule has 0 N–H and O–H groups in total. The Labute approximate surface area is 91.2 Å². The van der Waals surface area contributed by atoms with Gasteiger partial charge < -0.3 is 0 Å². The van der Waals surface area contributed by atoms with E-state index >= 15 is 0 Å². The number of benzene rings is 1. The molecule has 2 heterocycles. The van der Waals surface area contributed by atoms with Crippen LogP contribution in [0.2, 0.25) is 0 Å². The zero-order valence-corrected chi connectivity index (χ0v) is 8.62. The van der Waals surface area contributed by atoms with Crippen molar-refractivity contribution < 1.29 is 13.2 Å². The van der Waals surface area contributed by atoms with E-state index in [0.717, 1.165) is 11.1 Å². The van der Waals surface area contributed by atoms with Crippen molar-refractivity contribution >= 4 is 0 Å². The second-order valence-corrected chi connectivity index (χ2v) is 4.28. The van der Waals surface area contributed by atoms with Crippen molar-refractivity contribution in [3.63, 3.8) is 0 Å². The normalized spacial score (nSPS) is 27.5. The molecule has 0 saturated heterocycles. The van der Waals surface area contributed by atoms with E-state index in [0.29, 0.717) is 0 Å². The maximum absolute atomic E-state index is 12.6. The minimum absolute atomic E-state index is 0.0160. The third kappa shape index (κ3) is 1.16. The predicted molar refractivity (Wildman–Crippen MR) is 53.8 cm³/mol. The van der Waals surface area contributed by atoms with Crippen molar-refractivity contribution in [3.8, 4) is 0 Å². The summed E-state index contributed by atoms with van der Waals surface area (Å²) >= 11 is 0. The van der Waals surface area contributed by atoms with E-state index in [2.05, 4.69) is 4.90 Å². The molecule has 2 unspecified atom stereocenters. The van der Waals surface area contributed by atoms with E-state index in [4.69, 9.17) is 0 Å². The summed E-state index contributed by atoms with van der Waals surface area (Å²) in [6.45, 7) is 0. The van der Waals surface area contributed by atoms with Crippen LogP contribution in [0.25, 0.3) is 0 Å². The van der Waals surface area contributed by atoms with Gasteiger partial charge in [0, 0.05) is 0 Å². The minimum atomic E-state index is -4.25. The Hall–Kier alpha value is -1.29. The third-order valence-electron chi connectivity index (χ3n) is 3.40. The predicted octanol–water partition coefficient (Wildman–Crippen LogP) is 3.30. The second kappa shape index (κ2) is 2.88. The Morgan fingerprint density at radius 3 is 2.31 bits per heavy atom. The van der Waals surface area contributed by atoms with Crippen molar-refractivity contribution in [3.05, 3.63) is 47.0 Å². The number of alkyl halides is 3. The van der Waals surface area contributed by atoms with Crippen LogP contribution in [0.5, 0.6) is 0 Å². The summed E-state index contributed by atoms with van der Waals surface area (Å²) in [4.78, 5) is 2.07. The number of rotatable bonds is 0. The van der Waals surface area contributed by atoms with E-state index in [1.165, 1.54) is 12.1 Å². The first-order chi connectivity index (χ1) is 7.48. The van der Waals surface area contributed by atoms with Gasteiger partial charge in [-0.2, -0.15) is 13.2 Å². The molecule has 0 spiro atoms. The highest BCUT2D eigenvalue weighted by Gasteiger charge is 2.40. The summed E-state index contributed by atoms with van der Waals surface area (Å²) in [6.07, 6.45) is -0.243. The molecular weight excluding hydrogens is 215 g/mol. The minimum Gasteiger partial charge on any atom is -0.285 e. The maximum Gasteiger partial charge on any atom is 0.416 e. The lowest BCUT2D eigenvalue weighted by atomic mass is 9.95. The first kappa shape index (κ1) is 9.90. The van der Waals surface area contributed by atoms with E-state index in [-0.39, 0.29) is 12.1 Å². The fraction of sp³-hybridized carbons (Fsp3) is 0.333. The second-order valence-electron chi connectivity index (χ2n) is 4.28. The third-order valence-corrected chi connectivity index (χ3v) is 3.40. The van der Waals surface area contributed by atoms with Gasteiger partial charge in [-0.15, -0.1) is 0 Å². The molecule has 4 heteroatoms. The Kier molecular flexibility index (Phi) is 1.79. The zero-order chi connectivity index (χ0) is 11.5. The molecule has 84 valence electrons. The number of hydrogen-bond donors (Lipinski definition) is 0. The van der Waals surface area contributed by atoms with Crippen molar-refractivity contribution in [2.24, 2.45) is 0 Å². The Morgan fingerprint density at radius 1 is 1.06 bits per heavy atom. The van der Waals surface area contributed by atoms with Gasteiger partial charge >= 0.3 is 6.18 Å². The van der Waals surface area contributed by atoms with Gasteiger partial charge in [0.05, 0.1) is 17.6 Å². The average Bonchev–Trinajstić information content (AvgIpc) is 2.71. The van der Waals surface area contributed by atoms with Crippen LogP contribution in [-0.4, -0.2) is 11.9 Å². The lowest BCUT2D eigenvalue weighted by Crippen LogP contribution is -2.13. The number of likely N-dealkylation sites (N-methyl/N-ethyl adjacent to an activating group) is 1. The van der Waals surface area contributed by atoms with E-state index in [9.17, 15) is 13.2 Å². The van der Waals surface area contributed by atoms with Crippen molar-refractivity contribution in [2.45, 2.75) is 18.3 Å². The molecular formula is C12H10F3N. The van der Waals surface area contributed by atoms with Gasteiger partial charge in [0.15, 0.2) is 0 Å². The number of fused-ring (bicyclic) bond motifs is 5. The first-order valence-corrected chi connectivity index (χ1v) is 5.10. The zero-order valence-electron chi connectivity index (χ0n) is 8.62. The molecule has 2 bridgehead atoms. The first-order valence-electron chi connectivity index (χ1n) is 5.10. The van der Waals surface area contributed by atoms with Gasteiger partial charge in [-0.3, -0.25) is 4.90 Å². The molecule has 1 aromatic rings. The van der Waals surface area contributed by atoms with Gasteiger partial charge in [0.25, 0.3) is 0 Å². The van der Waals surface area contributed by atoms with Crippen LogP contribution in [0.4, 0.5) is 13.2 Å². The smallest absolute Gasteiger partial charge is 0.285 e. The highest BCUT2D eigenvalue weighted by atomic mass is 19.4. The average molecular weight is 225 g/mol. The van der Waals surface area contributed by atoms with Gasteiger partial charge in [0.2, 0.25) is 0 Å². The number of nitrogens with zero attached hydrogens (tertiary/aromatic N) is 1. The highest BCUT2D eigenvalue weighted by Crippen LogP contribution is 2.48. The van der Waals surface area contributed by atoms with E-state index in [1.807, 2.05) is 19.2 Å². The Bertz CT molecular complexity index is 476. The van der Waals surface area contributed by atoms with Crippen LogP contribution in [0, 0.1) is 0 Å². The molecule has 0 radical (unpaired) electrons. The van der Waals surface area contributed by atoms with Gasteiger partial charge in [0.1, 0.15) is 0 Å². The topological polar surface area (TPSA) is 3.24 Å². The van der Waals surface area contributed by atoms with Gasteiger partial charge in [-0.25, -0.2) is 0 Å². The molecule has 1 aromatic carbocycles. The van der Waals surface area contributed by atoms with Crippen LogP contribution < -0.4 is 0 Å². The summed E-state index contributed by atoms with van der Waals surface area (Å²) < 4.78 is 37.7. The number of halogens is 3. The molecule has 0 amide bonds. The fourth-order valence-corrected chi connectivity index (χ4v) is 2.58. The quantitative estimate of drug-likeness (QED) is 0.612. The van der Waals surface area contributed by atoms with E-state index < -0.39 is 11.7 Å². The summed E-state index contributed by atoms with van der Waals surface area (Å²) in [7, 11) is 1.93. The Balaban J connectivity index is 2.11.